The first kappa shape index (κ1) is 12.8. The molecule has 0 bridgehead atoms. The highest BCUT2D eigenvalue weighted by molar-refractivity contribution is 6.31. The summed E-state index contributed by atoms with van der Waals surface area (Å²) in [7, 11) is 0. The first-order valence-electron chi connectivity index (χ1n) is 5.75. The third-order valence-electron chi connectivity index (χ3n) is 3.72. The summed E-state index contributed by atoms with van der Waals surface area (Å²) in [6.07, 6.45) is 0.531. The van der Waals surface area contributed by atoms with Crippen molar-refractivity contribution < 1.29 is 9.50 Å². The summed E-state index contributed by atoms with van der Waals surface area (Å²) in [6, 6.07) is 4.15. The third-order valence-corrected chi connectivity index (χ3v) is 4.05. The molecule has 1 unspecified atom stereocenters. The monoisotopic (exact) mass is 257 g/mol. The summed E-state index contributed by atoms with van der Waals surface area (Å²) >= 11 is 6.10. The van der Waals surface area contributed by atoms with Crippen molar-refractivity contribution in [3.8, 4) is 0 Å². The summed E-state index contributed by atoms with van der Waals surface area (Å²) in [5, 5.41) is 14.5. The van der Waals surface area contributed by atoms with Crippen LogP contribution in [0.2, 0.25) is 5.02 Å². The highest BCUT2D eigenvalue weighted by Gasteiger charge is 2.47. The predicted octanol–water partition coefficient (Wildman–Crippen LogP) is 2.69. The maximum Gasteiger partial charge on any atom is 0.123 e. The van der Waals surface area contributed by atoms with E-state index in [1.807, 2.05) is 13.8 Å². The van der Waals surface area contributed by atoms with E-state index >= 15 is 0 Å². The quantitative estimate of drug-likeness (QED) is 0.811. The lowest BCUT2D eigenvalue weighted by atomic mass is 9.67. The number of rotatable bonds is 1. The van der Waals surface area contributed by atoms with Crippen LogP contribution >= 0.6 is 11.6 Å². The Morgan fingerprint density at radius 1 is 1.41 bits per heavy atom. The van der Waals surface area contributed by atoms with Crippen molar-refractivity contribution in [1.29, 1.82) is 0 Å². The van der Waals surface area contributed by atoms with Crippen LogP contribution in [0.1, 0.15) is 25.8 Å². The Kier molecular flexibility index (Phi) is 3.19. The Morgan fingerprint density at radius 3 is 2.76 bits per heavy atom. The zero-order valence-electron chi connectivity index (χ0n) is 10.1. The molecule has 1 aromatic rings. The molecule has 0 spiro atoms. The van der Waals surface area contributed by atoms with Crippen LogP contribution in [0, 0.1) is 11.2 Å². The van der Waals surface area contributed by atoms with Crippen molar-refractivity contribution in [2.24, 2.45) is 5.41 Å². The van der Waals surface area contributed by atoms with Crippen LogP contribution in [-0.2, 0) is 5.60 Å². The van der Waals surface area contributed by atoms with Crippen molar-refractivity contribution in [2.45, 2.75) is 25.9 Å². The van der Waals surface area contributed by atoms with Crippen LogP contribution in [0.3, 0.4) is 0 Å². The van der Waals surface area contributed by atoms with E-state index in [-0.39, 0.29) is 11.2 Å². The Morgan fingerprint density at radius 2 is 2.12 bits per heavy atom. The van der Waals surface area contributed by atoms with Gasteiger partial charge in [-0.1, -0.05) is 25.4 Å². The highest BCUT2D eigenvalue weighted by atomic mass is 35.5. The molecule has 2 nitrogen and oxygen atoms in total. The fraction of sp³-hybridized carbons (Fsp3) is 0.538. The first-order chi connectivity index (χ1) is 7.87. The second-order valence-electron chi connectivity index (χ2n) is 5.30. The Balaban J connectivity index is 2.52. The minimum Gasteiger partial charge on any atom is -0.384 e. The zero-order chi connectivity index (χ0) is 12.7. The largest absolute Gasteiger partial charge is 0.384 e. The van der Waals surface area contributed by atoms with Crippen LogP contribution in [0.15, 0.2) is 18.2 Å². The van der Waals surface area contributed by atoms with Crippen molar-refractivity contribution in [2.75, 3.05) is 13.1 Å². The predicted molar refractivity (Wildman–Crippen MR) is 66.6 cm³/mol. The molecular weight excluding hydrogens is 241 g/mol. The van der Waals surface area contributed by atoms with E-state index in [0.717, 1.165) is 0 Å². The molecule has 0 saturated carbocycles. The second kappa shape index (κ2) is 4.23. The molecule has 1 fully saturated rings. The van der Waals surface area contributed by atoms with E-state index < -0.39 is 5.60 Å². The fourth-order valence-corrected chi connectivity index (χ4v) is 2.74. The summed E-state index contributed by atoms with van der Waals surface area (Å²) in [5.41, 5.74) is -0.981. The summed E-state index contributed by atoms with van der Waals surface area (Å²) in [4.78, 5) is 0. The molecule has 1 atom stereocenters. The second-order valence-corrected chi connectivity index (χ2v) is 5.70. The van der Waals surface area contributed by atoms with E-state index in [2.05, 4.69) is 5.32 Å². The van der Waals surface area contributed by atoms with E-state index in [1.165, 1.54) is 18.2 Å². The average Bonchev–Trinajstić information content (AvgIpc) is 2.26. The van der Waals surface area contributed by atoms with Crippen molar-refractivity contribution >= 4 is 11.6 Å². The van der Waals surface area contributed by atoms with E-state index in [4.69, 9.17) is 11.6 Å². The van der Waals surface area contributed by atoms with Gasteiger partial charge >= 0.3 is 0 Å². The molecule has 2 rings (SSSR count). The summed E-state index contributed by atoms with van der Waals surface area (Å²) in [5.74, 6) is -0.368. The molecule has 94 valence electrons. The lowest BCUT2D eigenvalue weighted by Gasteiger charge is -2.47. The van der Waals surface area contributed by atoms with E-state index in [9.17, 15) is 9.50 Å². The van der Waals surface area contributed by atoms with Gasteiger partial charge in [0.1, 0.15) is 5.82 Å². The number of benzene rings is 1. The van der Waals surface area contributed by atoms with Gasteiger partial charge in [0.25, 0.3) is 0 Å². The topological polar surface area (TPSA) is 32.3 Å². The number of hydrogen-bond acceptors (Lipinski definition) is 2. The molecule has 1 aliphatic heterocycles. The van der Waals surface area contributed by atoms with Gasteiger partial charge in [0.15, 0.2) is 0 Å². The van der Waals surface area contributed by atoms with Gasteiger partial charge in [0, 0.05) is 22.5 Å². The van der Waals surface area contributed by atoms with Gasteiger partial charge in [-0.15, -0.1) is 0 Å². The smallest absolute Gasteiger partial charge is 0.123 e. The molecule has 0 aliphatic carbocycles. The lowest BCUT2D eigenvalue weighted by Crippen LogP contribution is -2.54. The molecular formula is C13H17ClFNO. The molecule has 0 aromatic heterocycles. The Hall–Kier alpha value is -0.640. The summed E-state index contributed by atoms with van der Waals surface area (Å²) < 4.78 is 13.3. The van der Waals surface area contributed by atoms with Crippen LogP contribution in [0.4, 0.5) is 4.39 Å². The minimum absolute atomic E-state index is 0.368. The van der Waals surface area contributed by atoms with Crippen molar-refractivity contribution in [3.63, 3.8) is 0 Å². The van der Waals surface area contributed by atoms with Gasteiger partial charge in [-0.3, -0.25) is 0 Å². The van der Waals surface area contributed by atoms with Crippen LogP contribution < -0.4 is 5.32 Å². The molecule has 1 aromatic carbocycles. The average molecular weight is 258 g/mol. The van der Waals surface area contributed by atoms with Gasteiger partial charge in [0.05, 0.1) is 5.60 Å². The van der Waals surface area contributed by atoms with Gasteiger partial charge in [-0.25, -0.2) is 4.39 Å². The molecule has 2 N–H and O–H groups in total. The maximum atomic E-state index is 13.3. The number of nitrogens with one attached hydrogen (secondary N) is 1. The van der Waals surface area contributed by atoms with Crippen molar-refractivity contribution in [3.05, 3.63) is 34.6 Å². The van der Waals surface area contributed by atoms with E-state index in [0.29, 0.717) is 30.1 Å². The molecule has 0 amide bonds. The number of hydrogen-bond donors (Lipinski definition) is 2. The SMILES string of the molecule is CC1(C)CNCCC1(O)c1cc(F)ccc1Cl. The van der Waals surface area contributed by atoms with Crippen LogP contribution in [-0.4, -0.2) is 18.2 Å². The van der Waals surface area contributed by atoms with Gasteiger partial charge < -0.3 is 10.4 Å². The number of halogens is 2. The lowest BCUT2D eigenvalue weighted by molar-refractivity contribution is -0.0945. The standard InChI is InChI=1S/C13H17ClFNO/c1-12(2)8-16-6-5-13(12,17)10-7-9(15)3-4-11(10)14/h3-4,7,16-17H,5-6,8H2,1-2H3. The van der Waals surface area contributed by atoms with E-state index in [1.54, 1.807) is 0 Å². The molecule has 0 radical (unpaired) electrons. The first-order valence-corrected chi connectivity index (χ1v) is 6.13. The number of aliphatic hydroxyl groups is 1. The third kappa shape index (κ3) is 2.07. The van der Waals surface area contributed by atoms with Crippen LogP contribution in [0.5, 0.6) is 0 Å². The molecule has 17 heavy (non-hydrogen) atoms. The highest BCUT2D eigenvalue weighted by Crippen LogP contribution is 2.46. The molecule has 1 heterocycles. The maximum absolute atomic E-state index is 13.3. The minimum atomic E-state index is -1.09. The van der Waals surface area contributed by atoms with Crippen molar-refractivity contribution in [1.82, 2.24) is 5.32 Å². The van der Waals surface area contributed by atoms with Gasteiger partial charge in [-0.2, -0.15) is 0 Å². The number of piperidine rings is 1. The zero-order valence-corrected chi connectivity index (χ0v) is 10.8. The molecule has 1 aliphatic rings. The summed E-state index contributed by atoms with van der Waals surface area (Å²) in [6.45, 7) is 5.30. The fourth-order valence-electron chi connectivity index (χ4n) is 2.47. The Bertz CT molecular complexity index is 435. The Labute approximate surface area is 106 Å². The molecule has 1 saturated heterocycles. The van der Waals surface area contributed by atoms with Gasteiger partial charge in [-0.05, 0) is 31.2 Å². The normalized spacial score (nSPS) is 28.1. The van der Waals surface area contributed by atoms with Gasteiger partial charge in [0.2, 0.25) is 0 Å². The van der Waals surface area contributed by atoms with Crippen LogP contribution in [0.25, 0.3) is 0 Å². The molecule has 4 heteroatoms.